The minimum atomic E-state index is -1.16. The first-order valence-electron chi connectivity index (χ1n) is 9.26. The number of carbonyl (C=O) groups excluding carboxylic acids is 2. The van der Waals surface area contributed by atoms with Crippen molar-refractivity contribution in [1.29, 1.82) is 5.26 Å². The van der Waals surface area contributed by atoms with E-state index in [1.54, 1.807) is 20.8 Å². The number of phenols is 1. The van der Waals surface area contributed by atoms with Crippen LogP contribution in [0.15, 0.2) is 53.8 Å². The van der Waals surface area contributed by atoms with E-state index in [1.807, 2.05) is 6.07 Å². The molecule has 0 saturated heterocycles. The van der Waals surface area contributed by atoms with E-state index in [0.717, 1.165) is 17.0 Å². The molecule has 9 heteroatoms. The quantitative estimate of drug-likeness (QED) is 0.565. The monoisotopic (exact) mass is 421 g/mol. The van der Waals surface area contributed by atoms with Gasteiger partial charge in [-0.1, -0.05) is 26.8 Å². The number of anilines is 1. The number of ketones is 1. The second-order valence-corrected chi connectivity index (χ2v) is 8.08. The fourth-order valence-electron chi connectivity index (χ4n) is 3.38. The number of aliphatic hydroxyl groups is 1. The Bertz CT molecular complexity index is 1170. The Morgan fingerprint density at radius 2 is 1.77 bits per heavy atom. The maximum absolute atomic E-state index is 13.1. The van der Waals surface area contributed by atoms with Gasteiger partial charge in [0.25, 0.3) is 5.91 Å². The van der Waals surface area contributed by atoms with Gasteiger partial charge in [0.15, 0.2) is 17.3 Å². The molecule has 3 rings (SSSR count). The number of carbonyl (C=O) groups is 2. The molecule has 0 aromatic heterocycles. The van der Waals surface area contributed by atoms with Crippen LogP contribution < -0.4 is 4.90 Å². The minimum Gasteiger partial charge on any atom is -0.503 e. The van der Waals surface area contributed by atoms with E-state index in [-0.39, 0.29) is 16.8 Å². The first-order valence-corrected chi connectivity index (χ1v) is 9.26. The summed E-state index contributed by atoms with van der Waals surface area (Å²) in [5, 5.41) is 40.8. The topological polar surface area (TPSA) is 145 Å². The Balaban J connectivity index is 2.25. The van der Waals surface area contributed by atoms with Crippen molar-refractivity contribution in [3.8, 4) is 11.8 Å². The van der Waals surface area contributed by atoms with Crippen LogP contribution in [0.25, 0.3) is 0 Å². The molecule has 2 aromatic rings. The molecule has 1 atom stereocenters. The highest BCUT2D eigenvalue weighted by Gasteiger charge is 2.47. The fourth-order valence-corrected chi connectivity index (χ4v) is 3.38. The van der Waals surface area contributed by atoms with Gasteiger partial charge in [-0.05, 0) is 35.9 Å². The fraction of sp³-hybridized carbons (Fsp3) is 0.227. The van der Waals surface area contributed by atoms with Gasteiger partial charge in [-0.3, -0.25) is 24.6 Å². The van der Waals surface area contributed by atoms with Crippen LogP contribution in [0.3, 0.4) is 0 Å². The standard InChI is InChI=1S/C22H19N3O6/c1-22(2,3)20(28)17-18(13-6-9-16(26)15(10-13)25(30)31)24(21(29)19(17)27)14-7-4-12(11-23)5-8-14/h4-10,18,26-27H,1-3H3. The number of Topliss-reactive ketones (excluding diaryl/α,β-unsaturated/α-hetero) is 1. The number of aliphatic hydroxyl groups excluding tert-OH is 1. The lowest BCUT2D eigenvalue weighted by Crippen LogP contribution is -2.32. The number of aromatic hydroxyl groups is 1. The van der Waals surface area contributed by atoms with Crippen LogP contribution in [0.2, 0.25) is 0 Å². The van der Waals surface area contributed by atoms with Gasteiger partial charge in [-0.2, -0.15) is 5.26 Å². The average molecular weight is 421 g/mol. The molecule has 1 aliphatic rings. The summed E-state index contributed by atoms with van der Waals surface area (Å²) in [4.78, 5) is 37.8. The van der Waals surface area contributed by atoms with Gasteiger partial charge in [0.1, 0.15) is 0 Å². The molecular weight excluding hydrogens is 402 g/mol. The van der Waals surface area contributed by atoms with Gasteiger partial charge in [-0.15, -0.1) is 0 Å². The lowest BCUT2D eigenvalue weighted by atomic mass is 9.82. The number of nitriles is 1. The van der Waals surface area contributed by atoms with Crippen molar-refractivity contribution in [3.05, 3.63) is 75.0 Å². The zero-order valence-corrected chi connectivity index (χ0v) is 17.0. The molecule has 0 saturated carbocycles. The minimum absolute atomic E-state index is 0.166. The average Bonchev–Trinajstić information content (AvgIpc) is 2.97. The molecule has 0 bridgehead atoms. The predicted molar refractivity (Wildman–Crippen MR) is 110 cm³/mol. The number of hydrogen-bond acceptors (Lipinski definition) is 7. The number of phenolic OH excluding ortho intramolecular Hbond substituents is 1. The smallest absolute Gasteiger partial charge is 0.311 e. The van der Waals surface area contributed by atoms with Gasteiger partial charge in [-0.25, -0.2) is 0 Å². The summed E-state index contributed by atoms with van der Waals surface area (Å²) >= 11 is 0. The molecule has 1 amide bonds. The molecule has 158 valence electrons. The van der Waals surface area contributed by atoms with Crippen molar-refractivity contribution in [2.24, 2.45) is 5.41 Å². The molecule has 2 N–H and O–H groups in total. The Hall–Kier alpha value is -4.19. The van der Waals surface area contributed by atoms with Crippen molar-refractivity contribution in [3.63, 3.8) is 0 Å². The third-order valence-electron chi connectivity index (χ3n) is 4.92. The van der Waals surface area contributed by atoms with E-state index in [4.69, 9.17) is 5.26 Å². The van der Waals surface area contributed by atoms with Crippen LogP contribution in [-0.4, -0.2) is 26.8 Å². The van der Waals surface area contributed by atoms with E-state index in [0.29, 0.717) is 5.56 Å². The number of nitrogens with zero attached hydrogens (tertiary/aromatic N) is 3. The first kappa shape index (κ1) is 21.5. The lowest BCUT2D eigenvalue weighted by Gasteiger charge is -2.29. The highest BCUT2D eigenvalue weighted by molar-refractivity contribution is 6.17. The number of benzene rings is 2. The van der Waals surface area contributed by atoms with Crippen molar-refractivity contribution in [2.75, 3.05) is 4.90 Å². The highest BCUT2D eigenvalue weighted by Crippen LogP contribution is 2.44. The number of hydrogen-bond donors (Lipinski definition) is 2. The summed E-state index contributed by atoms with van der Waals surface area (Å²) in [6.07, 6.45) is 0. The molecule has 1 aliphatic heterocycles. The van der Waals surface area contributed by atoms with Gasteiger partial charge in [0.2, 0.25) is 0 Å². The Labute approximate surface area is 177 Å². The maximum atomic E-state index is 13.1. The second kappa shape index (κ2) is 7.57. The molecular formula is C22H19N3O6. The molecule has 0 spiro atoms. The van der Waals surface area contributed by atoms with E-state index in [9.17, 15) is 29.9 Å². The van der Waals surface area contributed by atoms with E-state index in [1.165, 1.54) is 30.3 Å². The summed E-state index contributed by atoms with van der Waals surface area (Å²) in [7, 11) is 0. The molecule has 0 radical (unpaired) electrons. The van der Waals surface area contributed by atoms with Crippen LogP contribution in [0.4, 0.5) is 11.4 Å². The second-order valence-electron chi connectivity index (χ2n) is 8.08. The Kier molecular flexibility index (Phi) is 5.25. The Morgan fingerprint density at radius 1 is 1.16 bits per heavy atom. The zero-order chi connectivity index (χ0) is 23.1. The predicted octanol–water partition coefficient (Wildman–Crippen LogP) is 3.69. The molecule has 31 heavy (non-hydrogen) atoms. The summed E-state index contributed by atoms with van der Waals surface area (Å²) in [6, 6.07) is 10.2. The number of amides is 1. The summed E-state index contributed by atoms with van der Waals surface area (Å²) < 4.78 is 0. The van der Waals surface area contributed by atoms with Crippen molar-refractivity contribution < 1.29 is 24.7 Å². The van der Waals surface area contributed by atoms with Crippen molar-refractivity contribution in [2.45, 2.75) is 26.8 Å². The van der Waals surface area contributed by atoms with Gasteiger partial charge >= 0.3 is 5.69 Å². The third-order valence-corrected chi connectivity index (χ3v) is 4.92. The van der Waals surface area contributed by atoms with Gasteiger partial charge in [0.05, 0.1) is 28.2 Å². The summed E-state index contributed by atoms with van der Waals surface area (Å²) in [6.45, 7) is 4.88. The first-order chi connectivity index (χ1) is 14.5. The SMILES string of the molecule is CC(C)(C)C(=O)C1=C(O)C(=O)N(c2ccc(C#N)cc2)C1c1ccc(O)c([N+](=O)[O-])c1. The van der Waals surface area contributed by atoms with Crippen molar-refractivity contribution in [1.82, 2.24) is 0 Å². The normalized spacial score (nSPS) is 16.4. The van der Waals surface area contributed by atoms with Crippen LogP contribution >= 0.6 is 0 Å². The number of nitro benzene ring substituents is 1. The molecule has 0 aliphatic carbocycles. The van der Waals surface area contributed by atoms with Crippen LogP contribution in [0.5, 0.6) is 5.75 Å². The van der Waals surface area contributed by atoms with Crippen LogP contribution in [0, 0.1) is 26.9 Å². The largest absolute Gasteiger partial charge is 0.503 e. The van der Waals surface area contributed by atoms with E-state index >= 15 is 0 Å². The van der Waals surface area contributed by atoms with Gasteiger partial charge < -0.3 is 10.2 Å². The lowest BCUT2D eigenvalue weighted by molar-refractivity contribution is -0.385. The molecule has 1 unspecified atom stereocenters. The molecule has 0 fully saturated rings. The number of nitro groups is 1. The maximum Gasteiger partial charge on any atom is 0.311 e. The zero-order valence-electron chi connectivity index (χ0n) is 17.0. The molecule has 9 nitrogen and oxygen atoms in total. The van der Waals surface area contributed by atoms with Crippen LogP contribution in [0.1, 0.15) is 37.9 Å². The third kappa shape index (κ3) is 3.71. The highest BCUT2D eigenvalue weighted by atomic mass is 16.6. The van der Waals surface area contributed by atoms with Crippen LogP contribution in [-0.2, 0) is 9.59 Å². The van der Waals surface area contributed by atoms with Crippen molar-refractivity contribution >= 4 is 23.1 Å². The van der Waals surface area contributed by atoms with E-state index in [2.05, 4.69) is 0 Å². The molecule has 2 aromatic carbocycles. The van der Waals surface area contributed by atoms with Gasteiger partial charge in [0, 0.05) is 17.2 Å². The van der Waals surface area contributed by atoms with E-state index < -0.39 is 45.3 Å². The molecule has 1 heterocycles. The number of rotatable bonds is 4. The Morgan fingerprint density at radius 3 is 2.29 bits per heavy atom. The summed E-state index contributed by atoms with van der Waals surface area (Å²) in [5.74, 6) is -2.67. The summed E-state index contributed by atoms with van der Waals surface area (Å²) in [5.41, 5.74) is -0.950.